The van der Waals surface area contributed by atoms with Gasteiger partial charge in [-0.2, -0.15) is 5.10 Å². The zero-order valence-corrected chi connectivity index (χ0v) is 9.65. The van der Waals surface area contributed by atoms with Crippen LogP contribution in [0.4, 0.5) is 4.39 Å². The Balaban J connectivity index is 2.01. The van der Waals surface area contributed by atoms with Crippen LogP contribution in [-0.4, -0.2) is 15.2 Å². The van der Waals surface area contributed by atoms with E-state index in [2.05, 4.69) is 27.4 Å². The van der Waals surface area contributed by atoms with Crippen LogP contribution in [0.3, 0.4) is 0 Å². The molecule has 17 heavy (non-hydrogen) atoms. The normalized spacial score (nSPS) is 12.6. The summed E-state index contributed by atoms with van der Waals surface area (Å²) in [4.78, 5) is 4.03. The van der Waals surface area contributed by atoms with Crippen molar-refractivity contribution in [3.63, 3.8) is 0 Å². The van der Waals surface area contributed by atoms with Crippen LogP contribution >= 0.6 is 0 Å². The van der Waals surface area contributed by atoms with Crippen LogP contribution in [0.15, 0.2) is 30.6 Å². The minimum Gasteiger partial charge on any atom is -0.303 e. The number of nitrogens with zero attached hydrogens (tertiary/aromatic N) is 2. The van der Waals surface area contributed by atoms with Gasteiger partial charge in [-0.25, -0.2) is 9.37 Å². The summed E-state index contributed by atoms with van der Waals surface area (Å²) in [6.07, 6.45) is 2.36. The number of hydrogen-bond donors (Lipinski definition) is 2. The minimum absolute atomic E-state index is 0.121. The molecule has 2 aromatic rings. The molecule has 0 amide bonds. The van der Waals surface area contributed by atoms with Gasteiger partial charge in [-0.05, 0) is 24.1 Å². The third-order valence-corrected chi connectivity index (χ3v) is 2.64. The predicted molar refractivity (Wildman–Crippen MR) is 62.7 cm³/mol. The van der Waals surface area contributed by atoms with E-state index in [1.807, 2.05) is 6.07 Å². The molecule has 4 nitrogen and oxygen atoms in total. The third kappa shape index (κ3) is 3.10. The Morgan fingerprint density at radius 2 is 2.35 bits per heavy atom. The van der Waals surface area contributed by atoms with E-state index in [1.165, 1.54) is 12.4 Å². The Kier molecular flexibility index (Phi) is 3.82. The SMILES string of the molecule is CCC(NCc1ncn[nH]1)c1cccc(F)c1. The van der Waals surface area contributed by atoms with Crippen molar-refractivity contribution in [2.75, 3.05) is 0 Å². The molecule has 1 aromatic carbocycles. The summed E-state index contributed by atoms with van der Waals surface area (Å²) in [6, 6.07) is 6.78. The molecule has 0 saturated carbocycles. The first kappa shape index (κ1) is 11.7. The van der Waals surface area contributed by atoms with Crippen molar-refractivity contribution in [2.45, 2.75) is 25.9 Å². The fourth-order valence-electron chi connectivity index (χ4n) is 1.76. The molecule has 0 spiro atoms. The molecule has 2 N–H and O–H groups in total. The topological polar surface area (TPSA) is 53.6 Å². The molecule has 0 aliphatic carbocycles. The van der Waals surface area contributed by atoms with E-state index in [0.717, 1.165) is 17.8 Å². The molecule has 90 valence electrons. The van der Waals surface area contributed by atoms with Crippen LogP contribution in [0.25, 0.3) is 0 Å². The van der Waals surface area contributed by atoms with Crippen molar-refractivity contribution < 1.29 is 4.39 Å². The van der Waals surface area contributed by atoms with Crippen molar-refractivity contribution in [2.24, 2.45) is 0 Å². The smallest absolute Gasteiger partial charge is 0.138 e. The van der Waals surface area contributed by atoms with Gasteiger partial charge in [0, 0.05) is 6.04 Å². The molecule has 0 radical (unpaired) electrons. The van der Waals surface area contributed by atoms with Crippen molar-refractivity contribution >= 4 is 0 Å². The fourth-order valence-corrected chi connectivity index (χ4v) is 1.76. The van der Waals surface area contributed by atoms with Crippen LogP contribution in [0.5, 0.6) is 0 Å². The zero-order chi connectivity index (χ0) is 12.1. The Bertz CT molecular complexity index is 455. The van der Waals surface area contributed by atoms with Gasteiger partial charge in [-0.1, -0.05) is 19.1 Å². The molecule has 5 heteroatoms. The fraction of sp³-hybridized carbons (Fsp3) is 0.333. The van der Waals surface area contributed by atoms with Gasteiger partial charge in [0.15, 0.2) is 0 Å². The van der Waals surface area contributed by atoms with E-state index < -0.39 is 0 Å². The van der Waals surface area contributed by atoms with Gasteiger partial charge < -0.3 is 5.32 Å². The average Bonchev–Trinajstić information content (AvgIpc) is 2.83. The van der Waals surface area contributed by atoms with Gasteiger partial charge in [0.2, 0.25) is 0 Å². The molecule has 0 fully saturated rings. The molecule has 0 bridgehead atoms. The molecule has 0 aliphatic rings. The number of aromatic amines is 1. The van der Waals surface area contributed by atoms with E-state index in [9.17, 15) is 4.39 Å². The lowest BCUT2D eigenvalue weighted by molar-refractivity contribution is 0.505. The lowest BCUT2D eigenvalue weighted by Crippen LogP contribution is -2.21. The van der Waals surface area contributed by atoms with Crippen molar-refractivity contribution in [3.05, 3.63) is 47.8 Å². The first-order chi connectivity index (χ1) is 8.29. The van der Waals surface area contributed by atoms with Crippen molar-refractivity contribution in [3.8, 4) is 0 Å². The van der Waals surface area contributed by atoms with Crippen LogP contribution in [0, 0.1) is 5.82 Å². The predicted octanol–water partition coefficient (Wildman–Crippen LogP) is 2.18. The van der Waals surface area contributed by atoms with Gasteiger partial charge in [0.25, 0.3) is 0 Å². The highest BCUT2D eigenvalue weighted by molar-refractivity contribution is 5.20. The second kappa shape index (κ2) is 5.54. The number of halogens is 1. The number of hydrogen-bond acceptors (Lipinski definition) is 3. The number of rotatable bonds is 5. The monoisotopic (exact) mass is 234 g/mol. The van der Waals surface area contributed by atoms with Crippen molar-refractivity contribution in [1.82, 2.24) is 20.5 Å². The Morgan fingerprint density at radius 1 is 1.47 bits per heavy atom. The van der Waals surface area contributed by atoms with Gasteiger partial charge in [-0.15, -0.1) is 0 Å². The summed E-state index contributed by atoms with van der Waals surface area (Å²) in [5.74, 6) is 0.572. The molecule has 0 saturated heterocycles. The molecule has 1 atom stereocenters. The van der Waals surface area contributed by atoms with Gasteiger partial charge in [0.1, 0.15) is 18.0 Å². The lowest BCUT2D eigenvalue weighted by Gasteiger charge is -2.16. The summed E-state index contributed by atoms with van der Waals surface area (Å²) in [7, 11) is 0. The van der Waals surface area contributed by atoms with Crippen LogP contribution in [-0.2, 0) is 6.54 Å². The van der Waals surface area contributed by atoms with E-state index in [0.29, 0.717) is 6.54 Å². The van der Waals surface area contributed by atoms with E-state index in [-0.39, 0.29) is 11.9 Å². The molecule has 1 aromatic heterocycles. The second-order valence-corrected chi connectivity index (χ2v) is 3.83. The standard InChI is InChI=1S/C12H15FN4/c1-2-11(9-4-3-5-10(13)6-9)14-7-12-15-8-16-17-12/h3-6,8,11,14H,2,7H2,1H3,(H,15,16,17). The highest BCUT2D eigenvalue weighted by Gasteiger charge is 2.09. The van der Waals surface area contributed by atoms with E-state index >= 15 is 0 Å². The highest BCUT2D eigenvalue weighted by atomic mass is 19.1. The van der Waals surface area contributed by atoms with Crippen LogP contribution in [0.1, 0.15) is 30.8 Å². The summed E-state index contributed by atoms with van der Waals surface area (Å²) in [6.45, 7) is 2.65. The largest absolute Gasteiger partial charge is 0.303 e. The maximum Gasteiger partial charge on any atom is 0.138 e. The van der Waals surface area contributed by atoms with Crippen LogP contribution < -0.4 is 5.32 Å². The zero-order valence-electron chi connectivity index (χ0n) is 9.65. The molecular formula is C12H15FN4. The first-order valence-electron chi connectivity index (χ1n) is 5.62. The lowest BCUT2D eigenvalue weighted by atomic mass is 10.0. The maximum atomic E-state index is 13.1. The number of H-pyrrole nitrogens is 1. The number of aromatic nitrogens is 3. The quantitative estimate of drug-likeness (QED) is 0.833. The molecule has 2 rings (SSSR count). The van der Waals surface area contributed by atoms with Gasteiger partial charge >= 0.3 is 0 Å². The highest BCUT2D eigenvalue weighted by Crippen LogP contribution is 2.17. The maximum absolute atomic E-state index is 13.1. The number of nitrogens with one attached hydrogen (secondary N) is 2. The molecule has 1 heterocycles. The summed E-state index contributed by atoms with van der Waals surface area (Å²) in [5.41, 5.74) is 0.951. The Labute approximate surface area is 99.3 Å². The summed E-state index contributed by atoms with van der Waals surface area (Å²) in [5, 5.41) is 9.87. The Morgan fingerprint density at radius 3 is 3.00 bits per heavy atom. The molecular weight excluding hydrogens is 219 g/mol. The van der Waals surface area contributed by atoms with E-state index in [1.54, 1.807) is 12.1 Å². The molecule has 1 unspecified atom stereocenters. The van der Waals surface area contributed by atoms with E-state index in [4.69, 9.17) is 0 Å². The van der Waals surface area contributed by atoms with Gasteiger partial charge in [0.05, 0.1) is 6.54 Å². The van der Waals surface area contributed by atoms with Crippen LogP contribution in [0.2, 0.25) is 0 Å². The molecule has 0 aliphatic heterocycles. The summed E-state index contributed by atoms with van der Waals surface area (Å²) < 4.78 is 13.1. The third-order valence-electron chi connectivity index (χ3n) is 2.64. The average molecular weight is 234 g/mol. The Hall–Kier alpha value is -1.75. The van der Waals surface area contributed by atoms with Crippen molar-refractivity contribution in [1.29, 1.82) is 0 Å². The van der Waals surface area contributed by atoms with Gasteiger partial charge in [-0.3, -0.25) is 5.10 Å². The summed E-state index contributed by atoms with van der Waals surface area (Å²) >= 11 is 0. The first-order valence-corrected chi connectivity index (χ1v) is 5.62. The second-order valence-electron chi connectivity index (χ2n) is 3.83. The minimum atomic E-state index is -0.206. The number of benzene rings is 1.